The Kier molecular flexibility index (Phi) is 7.78. The molecule has 0 radical (unpaired) electrons. The fourth-order valence-electron chi connectivity index (χ4n) is 7.58. The Morgan fingerprint density at radius 2 is 1.53 bits per heavy atom. The van der Waals surface area contributed by atoms with Gasteiger partial charge in [0, 0.05) is 25.3 Å². The summed E-state index contributed by atoms with van der Waals surface area (Å²) in [6.07, 6.45) is 15.5. The smallest absolute Gasteiger partial charge is 0.252 e. The number of aromatic nitrogens is 2. The fourth-order valence-corrected chi connectivity index (χ4v) is 7.58. The molecular formula is C38H42N4O. The van der Waals surface area contributed by atoms with Crippen molar-refractivity contribution in [3.05, 3.63) is 87.8 Å². The molecule has 220 valence electrons. The predicted molar refractivity (Wildman–Crippen MR) is 175 cm³/mol. The summed E-state index contributed by atoms with van der Waals surface area (Å²) < 4.78 is 1.63. The first-order valence-electron chi connectivity index (χ1n) is 16.5. The van der Waals surface area contributed by atoms with Crippen LogP contribution < -0.4 is 10.5 Å². The van der Waals surface area contributed by atoms with Crippen LogP contribution in [0.15, 0.2) is 65.5 Å². The monoisotopic (exact) mass is 570 g/mol. The minimum Gasteiger partial charge on any atom is -0.339 e. The van der Waals surface area contributed by atoms with Gasteiger partial charge >= 0.3 is 0 Å². The molecule has 4 aromatic rings. The summed E-state index contributed by atoms with van der Waals surface area (Å²) in [6, 6.07) is 24.0. The van der Waals surface area contributed by atoms with Crippen LogP contribution in [-0.2, 0) is 7.05 Å². The molecule has 5 heteroatoms. The van der Waals surface area contributed by atoms with E-state index in [9.17, 15) is 10.1 Å². The molecule has 3 aliphatic rings. The van der Waals surface area contributed by atoms with Gasteiger partial charge in [0.1, 0.15) is 17.3 Å². The van der Waals surface area contributed by atoms with Crippen molar-refractivity contribution in [1.29, 1.82) is 5.26 Å². The first kappa shape index (κ1) is 27.9. The summed E-state index contributed by atoms with van der Waals surface area (Å²) in [7, 11) is 1.78. The minimum absolute atomic E-state index is 0.0628. The minimum atomic E-state index is -0.0628. The third kappa shape index (κ3) is 5.73. The fraction of sp³-hybridized carbons (Fsp3) is 0.447. The van der Waals surface area contributed by atoms with Gasteiger partial charge in [-0.25, -0.2) is 4.98 Å². The maximum Gasteiger partial charge on any atom is 0.252 e. The van der Waals surface area contributed by atoms with Gasteiger partial charge in [0.15, 0.2) is 0 Å². The molecule has 0 spiro atoms. The molecule has 2 heterocycles. The van der Waals surface area contributed by atoms with Crippen LogP contribution in [0.4, 0.5) is 11.4 Å². The van der Waals surface area contributed by atoms with Gasteiger partial charge in [-0.3, -0.25) is 4.79 Å². The zero-order valence-corrected chi connectivity index (χ0v) is 25.4. The largest absolute Gasteiger partial charge is 0.339 e. The van der Waals surface area contributed by atoms with Crippen LogP contribution in [0.5, 0.6) is 0 Å². The van der Waals surface area contributed by atoms with Crippen LogP contribution in [0.2, 0.25) is 0 Å². The van der Waals surface area contributed by atoms with Crippen LogP contribution in [0.3, 0.4) is 0 Å². The van der Waals surface area contributed by atoms with Crippen molar-refractivity contribution in [2.24, 2.45) is 13.0 Å². The van der Waals surface area contributed by atoms with Gasteiger partial charge in [0.2, 0.25) is 0 Å². The molecule has 0 saturated heterocycles. The molecular weight excluding hydrogens is 528 g/mol. The summed E-state index contributed by atoms with van der Waals surface area (Å²) in [4.78, 5) is 20.2. The Morgan fingerprint density at radius 1 is 0.837 bits per heavy atom. The van der Waals surface area contributed by atoms with Crippen molar-refractivity contribution in [1.82, 2.24) is 9.55 Å². The van der Waals surface area contributed by atoms with Crippen molar-refractivity contribution in [2.75, 3.05) is 11.4 Å². The van der Waals surface area contributed by atoms with Gasteiger partial charge in [-0.15, -0.1) is 0 Å². The lowest BCUT2D eigenvalue weighted by atomic mass is 9.80. The number of nitrogens with zero attached hydrogens (tertiary/aromatic N) is 4. The molecule has 7 rings (SSSR count). The second-order valence-corrected chi connectivity index (χ2v) is 13.2. The molecule has 2 aromatic carbocycles. The SMILES string of the molecule is Cn1c(=O)cc(N(CC2CC2)c2ccc(C3CCCCC3)c(-c3ccc(C4CCCCC4)cc3)c2)c2nc(C#N)ccc21. The van der Waals surface area contributed by atoms with Crippen LogP contribution in [0.25, 0.3) is 22.2 Å². The summed E-state index contributed by atoms with van der Waals surface area (Å²) in [5.74, 6) is 1.87. The topological polar surface area (TPSA) is 61.9 Å². The summed E-state index contributed by atoms with van der Waals surface area (Å²) >= 11 is 0. The molecule has 0 atom stereocenters. The normalized spacial score (nSPS) is 18.0. The number of hydrogen-bond donors (Lipinski definition) is 0. The predicted octanol–water partition coefficient (Wildman–Crippen LogP) is 9.12. The van der Waals surface area contributed by atoms with E-state index < -0.39 is 0 Å². The molecule has 0 bridgehead atoms. The summed E-state index contributed by atoms with van der Waals surface area (Å²) in [5.41, 5.74) is 9.20. The van der Waals surface area contributed by atoms with Crippen molar-refractivity contribution in [3.8, 4) is 17.2 Å². The molecule has 3 saturated carbocycles. The standard InChI is InChI=1S/C38H42N4O/c1-41-35-21-18-31(24-39)40-38(35)36(23-37(41)43)42(25-26-12-13-26)32-19-20-33(29-10-6-3-7-11-29)34(22-32)30-16-14-28(15-17-30)27-8-4-2-5-9-27/h14-23,26-27,29H,2-13,25H2,1H3. The third-order valence-corrected chi connectivity index (χ3v) is 10.3. The second-order valence-electron chi connectivity index (χ2n) is 13.2. The quantitative estimate of drug-likeness (QED) is 0.222. The number of pyridine rings is 2. The zero-order valence-electron chi connectivity index (χ0n) is 25.4. The van der Waals surface area contributed by atoms with E-state index in [1.54, 1.807) is 23.7 Å². The molecule has 2 aromatic heterocycles. The molecule has 0 N–H and O–H groups in total. The molecule has 0 unspecified atom stereocenters. The van der Waals surface area contributed by atoms with Gasteiger partial charge in [0.05, 0.1) is 11.2 Å². The van der Waals surface area contributed by atoms with Crippen molar-refractivity contribution < 1.29 is 0 Å². The maximum absolute atomic E-state index is 13.2. The lowest BCUT2D eigenvalue weighted by molar-refractivity contribution is 0.443. The molecule has 3 fully saturated rings. The van der Waals surface area contributed by atoms with Crippen molar-refractivity contribution >= 4 is 22.4 Å². The van der Waals surface area contributed by atoms with E-state index in [-0.39, 0.29) is 5.56 Å². The number of anilines is 2. The van der Waals surface area contributed by atoms with Gasteiger partial charge in [-0.2, -0.15) is 5.26 Å². The van der Waals surface area contributed by atoms with Crippen LogP contribution in [-0.4, -0.2) is 16.1 Å². The van der Waals surface area contributed by atoms with Crippen LogP contribution >= 0.6 is 0 Å². The van der Waals surface area contributed by atoms with E-state index in [1.807, 2.05) is 6.07 Å². The number of hydrogen-bond acceptors (Lipinski definition) is 4. The number of aryl methyl sites for hydroxylation is 1. The van der Waals surface area contributed by atoms with E-state index in [0.717, 1.165) is 23.4 Å². The van der Waals surface area contributed by atoms with Gasteiger partial charge in [0.25, 0.3) is 5.56 Å². The average Bonchev–Trinajstić information content (AvgIpc) is 3.90. The molecule has 43 heavy (non-hydrogen) atoms. The van der Waals surface area contributed by atoms with Gasteiger partial charge < -0.3 is 9.47 Å². The lowest BCUT2D eigenvalue weighted by Gasteiger charge is -2.29. The van der Waals surface area contributed by atoms with E-state index in [2.05, 4.69) is 53.4 Å². The van der Waals surface area contributed by atoms with E-state index in [4.69, 9.17) is 4.98 Å². The first-order chi connectivity index (χ1) is 21.1. The number of benzene rings is 2. The molecule has 5 nitrogen and oxygen atoms in total. The van der Waals surface area contributed by atoms with E-state index >= 15 is 0 Å². The Labute approximate surface area is 255 Å². The highest BCUT2D eigenvalue weighted by molar-refractivity contribution is 5.91. The number of fused-ring (bicyclic) bond motifs is 1. The van der Waals surface area contributed by atoms with Crippen LogP contribution in [0, 0.1) is 17.2 Å². The maximum atomic E-state index is 13.2. The van der Waals surface area contributed by atoms with E-state index in [0.29, 0.717) is 29.0 Å². The Morgan fingerprint density at radius 3 is 2.21 bits per heavy atom. The Balaban J connectivity index is 1.35. The molecule has 3 aliphatic carbocycles. The third-order valence-electron chi connectivity index (χ3n) is 10.3. The average molecular weight is 571 g/mol. The highest BCUT2D eigenvalue weighted by Crippen LogP contribution is 2.43. The highest BCUT2D eigenvalue weighted by atomic mass is 16.1. The van der Waals surface area contributed by atoms with Gasteiger partial charge in [-0.05, 0) is 103 Å². The van der Waals surface area contributed by atoms with Gasteiger partial charge in [-0.1, -0.05) is 68.9 Å². The number of nitriles is 1. The van der Waals surface area contributed by atoms with E-state index in [1.165, 1.54) is 99.3 Å². The van der Waals surface area contributed by atoms with Crippen molar-refractivity contribution in [3.63, 3.8) is 0 Å². The van der Waals surface area contributed by atoms with Crippen molar-refractivity contribution in [2.45, 2.75) is 88.9 Å². The number of rotatable bonds is 7. The Hall–Kier alpha value is -3.91. The highest BCUT2D eigenvalue weighted by Gasteiger charge is 2.28. The zero-order chi connectivity index (χ0) is 29.3. The van der Waals surface area contributed by atoms with Crippen LogP contribution in [0.1, 0.15) is 106 Å². The Bertz CT molecular complexity index is 1710. The second kappa shape index (κ2) is 12.0. The lowest BCUT2D eigenvalue weighted by Crippen LogP contribution is -2.25. The first-order valence-corrected chi connectivity index (χ1v) is 16.5. The summed E-state index contributed by atoms with van der Waals surface area (Å²) in [6.45, 7) is 0.837. The summed E-state index contributed by atoms with van der Waals surface area (Å²) in [5, 5.41) is 9.65. The molecule has 0 amide bonds. The molecule has 0 aliphatic heterocycles.